The van der Waals surface area contributed by atoms with E-state index in [4.69, 9.17) is 23.7 Å². The molecule has 0 aromatic heterocycles. The van der Waals surface area contributed by atoms with Gasteiger partial charge in [0, 0.05) is 17.9 Å². The summed E-state index contributed by atoms with van der Waals surface area (Å²) >= 11 is 0. The lowest BCUT2D eigenvalue weighted by Crippen LogP contribution is -2.49. The van der Waals surface area contributed by atoms with E-state index in [0.29, 0.717) is 22.3 Å². The Bertz CT molecular complexity index is 1450. The van der Waals surface area contributed by atoms with Gasteiger partial charge in [-0.1, -0.05) is 55.0 Å². The molecule has 5 rings (SSSR count). The molecule has 0 radical (unpaired) electrons. The van der Waals surface area contributed by atoms with Crippen molar-refractivity contribution in [2.45, 2.75) is 77.2 Å². The highest BCUT2D eigenvalue weighted by Crippen LogP contribution is 2.52. The van der Waals surface area contributed by atoms with Crippen molar-refractivity contribution in [1.29, 1.82) is 0 Å². The third-order valence-electron chi connectivity index (χ3n) is 8.54. The fourth-order valence-corrected chi connectivity index (χ4v) is 5.91. The lowest BCUT2D eigenvalue weighted by Gasteiger charge is -2.33. The molecule has 0 bridgehead atoms. The number of esters is 4. The molecule has 2 aliphatic heterocycles. The van der Waals surface area contributed by atoms with E-state index < -0.39 is 71.8 Å². The van der Waals surface area contributed by atoms with Crippen LogP contribution in [0, 0.1) is 11.8 Å². The number of rotatable bonds is 6. The third kappa shape index (κ3) is 6.13. The van der Waals surface area contributed by atoms with Crippen molar-refractivity contribution in [1.82, 2.24) is 0 Å². The maximum atomic E-state index is 13.4. The minimum Gasteiger partial charge on any atom is -0.459 e. The Morgan fingerprint density at radius 2 is 1.51 bits per heavy atom. The summed E-state index contributed by atoms with van der Waals surface area (Å²) in [6.07, 6.45) is -0.796. The third-order valence-corrected chi connectivity index (χ3v) is 8.54. The van der Waals surface area contributed by atoms with E-state index in [2.05, 4.69) is 0 Å². The van der Waals surface area contributed by atoms with Crippen LogP contribution in [-0.2, 0) is 33.3 Å². The Morgan fingerprint density at radius 3 is 2.09 bits per heavy atom. The van der Waals surface area contributed by atoms with Crippen LogP contribution < -0.4 is 0 Å². The van der Waals surface area contributed by atoms with Crippen LogP contribution in [0.5, 0.6) is 0 Å². The molecule has 2 heterocycles. The molecule has 2 aromatic carbocycles. The lowest BCUT2D eigenvalue weighted by molar-refractivity contribution is -0.149. The van der Waals surface area contributed by atoms with Crippen molar-refractivity contribution in [2.24, 2.45) is 11.8 Å². The van der Waals surface area contributed by atoms with Gasteiger partial charge >= 0.3 is 23.9 Å². The maximum Gasteiger partial charge on any atom is 0.338 e. The van der Waals surface area contributed by atoms with Crippen molar-refractivity contribution in [3.63, 3.8) is 0 Å². The fraction of sp³-hybridized carbons (Fsp3) is 0.412. The zero-order chi connectivity index (χ0) is 30.9. The second kappa shape index (κ2) is 12.2. The van der Waals surface area contributed by atoms with Crippen LogP contribution in [0.1, 0.15) is 61.8 Å². The van der Waals surface area contributed by atoms with Crippen LogP contribution >= 0.6 is 0 Å². The minimum absolute atomic E-state index is 0.229. The molecule has 8 atom stereocenters. The number of benzene rings is 2. The van der Waals surface area contributed by atoms with Gasteiger partial charge in [0.2, 0.25) is 0 Å². The summed E-state index contributed by atoms with van der Waals surface area (Å²) in [6, 6.07) is 17.0. The molecule has 0 unspecified atom stereocenters. The summed E-state index contributed by atoms with van der Waals surface area (Å²) < 4.78 is 30.2. The second-order valence-electron chi connectivity index (χ2n) is 11.6. The molecular weight excluding hydrogens is 552 g/mol. The first-order chi connectivity index (χ1) is 20.5. The predicted octanol–water partition coefficient (Wildman–Crippen LogP) is 5.00. The Morgan fingerprint density at radius 1 is 0.930 bits per heavy atom. The first kappa shape index (κ1) is 30.2. The number of fused-ring (bicyclic) bond motifs is 3. The average Bonchev–Trinajstić information content (AvgIpc) is 3.61. The number of ether oxygens (including phenoxy) is 5. The number of hydrogen-bond donors (Lipinski definition) is 0. The van der Waals surface area contributed by atoms with E-state index in [9.17, 15) is 19.2 Å². The van der Waals surface area contributed by atoms with Gasteiger partial charge in [0.1, 0.15) is 23.9 Å². The molecule has 226 valence electrons. The quantitative estimate of drug-likeness (QED) is 0.151. The summed E-state index contributed by atoms with van der Waals surface area (Å²) in [4.78, 5) is 52.5. The van der Waals surface area contributed by atoms with Gasteiger partial charge in [-0.25, -0.2) is 14.4 Å². The van der Waals surface area contributed by atoms with E-state index in [1.54, 1.807) is 101 Å². The van der Waals surface area contributed by atoms with E-state index in [0.717, 1.165) is 0 Å². The van der Waals surface area contributed by atoms with Crippen molar-refractivity contribution in [3.8, 4) is 0 Å². The highest BCUT2D eigenvalue weighted by molar-refractivity contribution is 5.90. The second-order valence-corrected chi connectivity index (χ2v) is 11.6. The fourth-order valence-electron chi connectivity index (χ4n) is 5.91. The molecule has 2 aromatic rings. The van der Waals surface area contributed by atoms with Crippen LogP contribution in [0.4, 0.5) is 0 Å². The first-order valence-electron chi connectivity index (χ1n) is 14.4. The lowest BCUT2D eigenvalue weighted by atomic mass is 9.78. The van der Waals surface area contributed by atoms with Crippen LogP contribution in [-0.4, -0.2) is 60.0 Å². The Labute approximate surface area is 250 Å². The predicted molar refractivity (Wildman–Crippen MR) is 155 cm³/mol. The van der Waals surface area contributed by atoms with Gasteiger partial charge in [-0.05, 0) is 58.0 Å². The zero-order valence-corrected chi connectivity index (χ0v) is 24.9. The molecule has 9 nitrogen and oxygen atoms in total. The normalized spacial score (nSPS) is 33.0. The number of hydrogen-bond acceptors (Lipinski definition) is 9. The van der Waals surface area contributed by atoms with Gasteiger partial charge < -0.3 is 23.7 Å². The molecular formula is C34H36O9. The topological polar surface area (TPSA) is 118 Å². The Balaban J connectivity index is 1.57. The van der Waals surface area contributed by atoms with Gasteiger partial charge in [0.15, 0.2) is 12.2 Å². The minimum atomic E-state index is -1.19. The number of epoxide rings is 1. The Hall–Kier alpha value is -4.24. The molecule has 0 amide bonds. The van der Waals surface area contributed by atoms with Gasteiger partial charge in [0.25, 0.3) is 0 Å². The summed E-state index contributed by atoms with van der Waals surface area (Å²) in [5, 5.41) is 0. The molecule has 2 fully saturated rings. The largest absolute Gasteiger partial charge is 0.459 e. The van der Waals surface area contributed by atoms with E-state index in [1.165, 1.54) is 0 Å². The van der Waals surface area contributed by atoms with Crippen molar-refractivity contribution in [3.05, 3.63) is 95.1 Å². The molecule has 9 heteroatoms. The molecule has 0 N–H and O–H groups in total. The average molecular weight is 589 g/mol. The number of carbonyl (C=O) groups excluding carboxylic acids is 4. The van der Waals surface area contributed by atoms with Crippen LogP contribution in [0.2, 0.25) is 0 Å². The van der Waals surface area contributed by atoms with E-state index >= 15 is 0 Å². The SMILES string of the molecule is C/C=C(\C)C(=O)O[C@@H]1C/C(C)=C/[C@@H](OC(=O)c2ccccc2)[C@H](OC(=O)c2ccccc2)[C@@]2(C)O[C@@H]2[C@H]2OC(=O)[C@@H](C)[C@@H]21. The summed E-state index contributed by atoms with van der Waals surface area (Å²) in [5.74, 6) is -3.26. The molecule has 1 aliphatic carbocycles. The van der Waals surface area contributed by atoms with Gasteiger partial charge in [-0.3, -0.25) is 4.79 Å². The van der Waals surface area contributed by atoms with Gasteiger partial charge in [-0.2, -0.15) is 0 Å². The highest BCUT2D eigenvalue weighted by Gasteiger charge is 2.70. The Kier molecular flexibility index (Phi) is 8.55. The van der Waals surface area contributed by atoms with Gasteiger partial charge in [0.05, 0.1) is 17.0 Å². The first-order valence-corrected chi connectivity index (χ1v) is 14.4. The maximum absolute atomic E-state index is 13.4. The van der Waals surface area contributed by atoms with E-state index in [1.807, 2.05) is 6.92 Å². The summed E-state index contributed by atoms with van der Waals surface area (Å²) in [5.41, 5.74) is 0.587. The zero-order valence-electron chi connectivity index (χ0n) is 24.9. The monoisotopic (exact) mass is 588 g/mol. The molecule has 3 aliphatic rings. The number of carbonyl (C=O) groups is 4. The number of allylic oxidation sites excluding steroid dienone is 1. The van der Waals surface area contributed by atoms with Gasteiger partial charge in [-0.15, -0.1) is 0 Å². The standard InChI is InChI=1S/C34H36O9/c1-6-20(3)30(35)39-24-17-19(2)18-25(40-32(37)22-13-9-7-10-14-22)28(42-33(38)23-15-11-8-12-16-23)34(5)29(43-34)27-26(24)21(4)31(36)41-27/h6-16,18,21,24-29H,17H2,1-5H3/b19-18+,20-6+/t21-,24+,25+,26+,27-,28-,29+,34+/m0/s1. The molecule has 0 saturated carbocycles. The molecule has 2 saturated heterocycles. The van der Waals surface area contributed by atoms with Crippen LogP contribution in [0.25, 0.3) is 0 Å². The van der Waals surface area contributed by atoms with Crippen LogP contribution in [0.15, 0.2) is 84.0 Å². The summed E-state index contributed by atoms with van der Waals surface area (Å²) in [7, 11) is 0. The van der Waals surface area contributed by atoms with Crippen molar-refractivity contribution in [2.75, 3.05) is 0 Å². The smallest absolute Gasteiger partial charge is 0.338 e. The molecule has 43 heavy (non-hydrogen) atoms. The van der Waals surface area contributed by atoms with Crippen molar-refractivity contribution < 1.29 is 42.9 Å². The van der Waals surface area contributed by atoms with Crippen molar-refractivity contribution >= 4 is 23.9 Å². The highest BCUT2D eigenvalue weighted by atomic mass is 16.7. The summed E-state index contributed by atoms with van der Waals surface area (Å²) in [6.45, 7) is 8.71. The molecule has 0 spiro atoms. The van der Waals surface area contributed by atoms with E-state index in [-0.39, 0.29) is 6.42 Å². The van der Waals surface area contributed by atoms with Crippen LogP contribution in [0.3, 0.4) is 0 Å².